The number of ether oxygens (including phenoxy) is 2. The maximum absolute atomic E-state index is 13.0. The number of unbranched alkanes of at least 4 members (excludes halogenated alkanes) is 19. The first-order valence-electron chi connectivity index (χ1n) is 24.6. The minimum Gasteiger partial charge on any atom is -0.481 e. The average Bonchev–Trinajstić information content (AvgIpc) is 3.28. The number of carboxylic acids is 2. The Balaban J connectivity index is 5.13. The Morgan fingerprint density at radius 3 is 1.76 bits per heavy atom. The van der Waals surface area contributed by atoms with E-state index in [9.17, 15) is 33.7 Å². The summed E-state index contributed by atoms with van der Waals surface area (Å²) in [6.07, 6.45) is 39.3. The van der Waals surface area contributed by atoms with E-state index in [1.54, 1.807) is 18.2 Å². The highest BCUT2D eigenvalue weighted by molar-refractivity contribution is 8.00. The highest BCUT2D eigenvalue weighted by Gasteiger charge is 2.29. The van der Waals surface area contributed by atoms with Gasteiger partial charge in [0, 0.05) is 23.8 Å². The van der Waals surface area contributed by atoms with Crippen LogP contribution in [0.1, 0.15) is 181 Å². The summed E-state index contributed by atoms with van der Waals surface area (Å²) in [5.41, 5.74) is 11.5. The van der Waals surface area contributed by atoms with Gasteiger partial charge in [0.1, 0.15) is 18.7 Å². The first-order valence-corrected chi connectivity index (χ1v) is 27.1. The molecule has 0 rings (SSSR count). The molecule has 0 aromatic rings. The van der Waals surface area contributed by atoms with Crippen molar-refractivity contribution in [2.75, 3.05) is 25.6 Å². The lowest BCUT2D eigenvalue weighted by atomic mass is 10.0. The number of hydrogen-bond donors (Lipinski definition) is 6. The summed E-state index contributed by atoms with van der Waals surface area (Å²) in [6.45, 7) is 2.28. The van der Waals surface area contributed by atoms with E-state index >= 15 is 0 Å². The predicted molar refractivity (Wildman–Crippen MR) is 264 cm³/mol. The number of aliphatic hydroxyl groups is 1. The fraction of sp³-hybridized carbons (Fsp3) is 0.755. The van der Waals surface area contributed by atoms with Gasteiger partial charge in [0.25, 0.3) is 0 Å². The molecule has 0 bridgehead atoms. The molecule has 6 atom stereocenters. The summed E-state index contributed by atoms with van der Waals surface area (Å²) in [7, 11) is -4.85. The standard InChI is InChI=1S/C49H87N2O13PS/c1-3-5-7-9-11-13-15-17-18-19-20-21-23-25-27-29-31-36-47(55)64-41(38-62-65(59,60)63-39-42(50)48(56)57)37-61-49(58)43(51)40-66-45(44(52)33-32-35-46(53)54)34-30-28-26-24-22-16-14-12-10-8-6-4-2/h12,14,22,24,26,28,30,34,41-45,52H,3-11,13,15-21,23,25,27,29,31-33,35-40,50-51H2,1-2H3,(H,53,54)(H,56,57)(H,59,60)/b14-12-,24-22-,28-26+,34-30+/t41-,42+,43+,44+,45-/m1/s1. The zero-order valence-electron chi connectivity index (χ0n) is 40.2. The topological polar surface area (TPSA) is 255 Å². The number of thioether (sulfide) groups is 1. The summed E-state index contributed by atoms with van der Waals surface area (Å²) in [5.74, 6) is -3.94. The van der Waals surface area contributed by atoms with Crippen LogP contribution in [0.25, 0.3) is 0 Å². The number of phosphoric acid groups is 1. The SMILES string of the molecule is CCCCC/C=C\C\C=C/C=C/C=C/[C@@H](SC[C@H](N)C(=O)OC[C@H](COP(=O)(O)OC[C@H](N)C(=O)O)OC(=O)CCCCCCCCCCCCCCCCCCC)[C@@H](O)CCCC(=O)O. The molecule has 66 heavy (non-hydrogen) atoms. The number of carbonyl (C=O) groups excluding carboxylic acids is 2. The van der Waals surface area contributed by atoms with Crippen LogP contribution < -0.4 is 11.5 Å². The lowest BCUT2D eigenvalue weighted by molar-refractivity contribution is -0.161. The zero-order chi connectivity index (χ0) is 49.1. The van der Waals surface area contributed by atoms with Gasteiger partial charge in [0.05, 0.1) is 19.3 Å². The van der Waals surface area contributed by atoms with Crippen LogP contribution in [-0.2, 0) is 42.3 Å². The Morgan fingerprint density at radius 2 is 1.18 bits per heavy atom. The van der Waals surface area contributed by atoms with Crippen LogP contribution in [0.2, 0.25) is 0 Å². The molecule has 382 valence electrons. The first-order chi connectivity index (χ1) is 31.7. The van der Waals surface area contributed by atoms with E-state index in [1.807, 2.05) is 18.2 Å². The van der Waals surface area contributed by atoms with Gasteiger partial charge < -0.3 is 41.2 Å². The number of carboxylic acid groups (broad SMARTS) is 2. The molecular formula is C49H87N2O13PS. The van der Waals surface area contributed by atoms with Gasteiger partial charge in [-0.1, -0.05) is 178 Å². The molecule has 0 amide bonds. The molecule has 8 N–H and O–H groups in total. The maximum Gasteiger partial charge on any atom is 0.472 e. The summed E-state index contributed by atoms with van der Waals surface area (Å²) >= 11 is 1.18. The van der Waals surface area contributed by atoms with E-state index in [0.717, 1.165) is 38.5 Å². The minimum absolute atomic E-state index is 0.00180. The normalized spacial score (nSPS) is 15.3. The molecule has 0 aliphatic heterocycles. The zero-order valence-corrected chi connectivity index (χ0v) is 41.9. The third-order valence-corrected chi connectivity index (χ3v) is 12.9. The number of phosphoric ester groups is 1. The van der Waals surface area contributed by atoms with Gasteiger partial charge in [-0.15, -0.1) is 11.8 Å². The van der Waals surface area contributed by atoms with Crippen molar-refractivity contribution in [3.05, 3.63) is 48.6 Å². The quantitative estimate of drug-likeness (QED) is 0.0109. The molecule has 0 heterocycles. The van der Waals surface area contributed by atoms with Crippen molar-refractivity contribution in [3.63, 3.8) is 0 Å². The molecule has 0 aromatic carbocycles. The molecule has 0 fully saturated rings. The van der Waals surface area contributed by atoms with Crippen molar-refractivity contribution in [3.8, 4) is 0 Å². The predicted octanol–water partition coefficient (Wildman–Crippen LogP) is 10.3. The van der Waals surface area contributed by atoms with Crippen LogP contribution in [-0.4, -0.2) is 99.2 Å². The van der Waals surface area contributed by atoms with Crippen molar-refractivity contribution in [2.45, 2.75) is 210 Å². The second kappa shape index (κ2) is 43.5. The molecule has 0 radical (unpaired) electrons. The smallest absolute Gasteiger partial charge is 0.472 e. The van der Waals surface area contributed by atoms with Gasteiger partial charge in [0.15, 0.2) is 6.10 Å². The van der Waals surface area contributed by atoms with Crippen molar-refractivity contribution in [1.82, 2.24) is 0 Å². The van der Waals surface area contributed by atoms with Crippen LogP contribution in [0, 0.1) is 0 Å². The van der Waals surface area contributed by atoms with E-state index in [2.05, 4.69) is 30.5 Å². The largest absolute Gasteiger partial charge is 0.481 e. The highest BCUT2D eigenvalue weighted by Crippen LogP contribution is 2.43. The Labute approximate surface area is 400 Å². The number of rotatable bonds is 46. The fourth-order valence-electron chi connectivity index (χ4n) is 6.57. The lowest BCUT2D eigenvalue weighted by Crippen LogP contribution is -2.38. The summed E-state index contributed by atoms with van der Waals surface area (Å²) < 4.78 is 32.9. The second-order valence-corrected chi connectivity index (χ2v) is 19.5. The Hall–Kier alpha value is -2.82. The molecule has 0 spiro atoms. The first kappa shape index (κ1) is 63.2. The van der Waals surface area contributed by atoms with E-state index in [-0.39, 0.29) is 31.4 Å². The number of esters is 2. The number of aliphatic hydroxyl groups excluding tert-OH is 1. The van der Waals surface area contributed by atoms with Crippen LogP contribution in [0.15, 0.2) is 48.6 Å². The summed E-state index contributed by atoms with van der Waals surface area (Å²) in [4.78, 5) is 58.0. The third-order valence-electron chi connectivity index (χ3n) is 10.6. The number of aliphatic carboxylic acids is 2. The van der Waals surface area contributed by atoms with Crippen LogP contribution >= 0.6 is 19.6 Å². The molecular weight excluding hydrogens is 888 g/mol. The van der Waals surface area contributed by atoms with Gasteiger partial charge in [-0.05, 0) is 38.5 Å². The van der Waals surface area contributed by atoms with Crippen molar-refractivity contribution in [1.29, 1.82) is 0 Å². The molecule has 17 heteroatoms. The Kier molecular flexibility index (Phi) is 41.6. The minimum atomic E-state index is -4.85. The number of hydrogen-bond acceptors (Lipinski definition) is 13. The Bertz CT molecular complexity index is 1430. The van der Waals surface area contributed by atoms with Crippen LogP contribution in [0.4, 0.5) is 0 Å². The molecule has 0 aliphatic carbocycles. The van der Waals surface area contributed by atoms with Gasteiger partial charge in [-0.25, -0.2) is 4.57 Å². The van der Waals surface area contributed by atoms with E-state index in [0.29, 0.717) is 6.42 Å². The van der Waals surface area contributed by atoms with Crippen LogP contribution in [0.3, 0.4) is 0 Å². The number of allylic oxidation sites excluding steroid dienone is 7. The van der Waals surface area contributed by atoms with Crippen molar-refractivity contribution < 1.29 is 62.5 Å². The van der Waals surface area contributed by atoms with Gasteiger partial charge >= 0.3 is 31.7 Å². The maximum atomic E-state index is 13.0. The second-order valence-electron chi connectivity index (χ2n) is 16.8. The molecule has 1 unspecified atom stereocenters. The monoisotopic (exact) mass is 975 g/mol. The van der Waals surface area contributed by atoms with Gasteiger partial charge in [0.2, 0.25) is 0 Å². The number of carbonyl (C=O) groups is 4. The molecule has 15 nitrogen and oxygen atoms in total. The van der Waals surface area contributed by atoms with E-state index < -0.39 is 81.1 Å². The van der Waals surface area contributed by atoms with Crippen LogP contribution in [0.5, 0.6) is 0 Å². The van der Waals surface area contributed by atoms with E-state index in [4.69, 9.17) is 35.7 Å². The summed E-state index contributed by atoms with van der Waals surface area (Å²) in [6, 6.07) is -2.79. The molecule has 0 aliphatic rings. The van der Waals surface area contributed by atoms with Gasteiger partial charge in [-0.3, -0.25) is 28.2 Å². The van der Waals surface area contributed by atoms with Gasteiger partial charge in [-0.2, -0.15) is 0 Å². The average molecular weight is 975 g/mol. The van der Waals surface area contributed by atoms with E-state index in [1.165, 1.54) is 108 Å². The fourth-order valence-corrected chi connectivity index (χ4v) is 8.47. The number of nitrogens with two attached hydrogens (primary N) is 2. The van der Waals surface area contributed by atoms with Crippen molar-refractivity contribution >= 4 is 43.5 Å². The molecule has 0 saturated heterocycles. The molecule has 0 aromatic heterocycles. The summed E-state index contributed by atoms with van der Waals surface area (Å²) in [5, 5.41) is 28.4. The van der Waals surface area contributed by atoms with Crippen molar-refractivity contribution in [2.24, 2.45) is 11.5 Å². The molecule has 0 saturated carbocycles. The highest BCUT2D eigenvalue weighted by atomic mass is 32.2. The third kappa shape index (κ3) is 40.3. The Morgan fingerprint density at radius 1 is 0.636 bits per heavy atom. The lowest BCUT2D eigenvalue weighted by Gasteiger charge is -2.22.